The zero-order valence-electron chi connectivity index (χ0n) is 9.82. The van der Waals surface area contributed by atoms with Crippen LogP contribution in [-0.2, 0) is 4.79 Å². The van der Waals surface area contributed by atoms with Crippen LogP contribution in [0.5, 0.6) is 0 Å². The van der Waals surface area contributed by atoms with Gasteiger partial charge in [-0.15, -0.1) is 0 Å². The van der Waals surface area contributed by atoms with Gasteiger partial charge in [0.25, 0.3) is 0 Å². The van der Waals surface area contributed by atoms with Gasteiger partial charge in [-0.3, -0.25) is 4.79 Å². The normalized spacial score (nSPS) is 30.9. The van der Waals surface area contributed by atoms with Crippen LogP contribution in [0, 0.1) is 17.8 Å². The van der Waals surface area contributed by atoms with Gasteiger partial charge in [-0.05, 0) is 38.0 Å². The topological polar surface area (TPSA) is 46.3 Å². The molecule has 0 aromatic heterocycles. The Morgan fingerprint density at radius 1 is 1.38 bits per heavy atom. The molecule has 3 nitrogen and oxygen atoms in total. The quantitative estimate of drug-likeness (QED) is 0.742. The first-order valence-corrected chi connectivity index (χ1v) is 6.59. The van der Waals surface area contributed by atoms with E-state index in [2.05, 4.69) is 0 Å². The van der Waals surface area contributed by atoms with Gasteiger partial charge in [0.1, 0.15) is 0 Å². The number of thiocarbonyl (C=S) groups is 1. The van der Waals surface area contributed by atoms with Gasteiger partial charge in [0.2, 0.25) is 5.91 Å². The standard InChI is InChI=1S/C12H20N2OS/c1-2-14(4-3-11(13)16)12(15)10-6-8-5-9(8)7-10/h8-10H,2-7H2,1H3,(H2,13,16). The third-order valence-electron chi connectivity index (χ3n) is 3.91. The summed E-state index contributed by atoms with van der Waals surface area (Å²) >= 11 is 4.85. The largest absolute Gasteiger partial charge is 0.393 e. The molecule has 2 rings (SSSR count). The zero-order chi connectivity index (χ0) is 11.7. The van der Waals surface area contributed by atoms with Crippen molar-refractivity contribution >= 4 is 23.1 Å². The molecule has 0 aromatic carbocycles. The average Bonchev–Trinajstić information content (AvgIpc) is 2.86. The molecule has 2 aliphatic rings. The van der Waals surface area contributed by atoms with Crippen LogP contribution in [0.25, 0.3) is 0 Å². The highest BCUT2D eigenvalue weighted by molar-refractivity contribution is 7.80. The molecule has 0 aromatic rings. The predicted octanol–water partition coefficient (Wildman–Crippen LogP) is 1.56. The number of nitrogens with two attached hydrogens (primary N) is 1. The fraction of sp³-hybridized carbons (Fsp3) is 0.833. The molecule has 2 N–H and O–H groups in total. The molecule has 1 amide bonds. The molecule has 90 valence electrons. The number of carbonyl (C=O) groups is 1. The number of amides is 1. The van der Waals surface area contributed by atoms with E-state index in [1.165, 1.54) is 6.42 Å². The van der Waals surface area contributed by atoms with Gasteiger partial charge in [-0.2, -0.15) is 0 Å². The molecular weight excluding hydrogens is 220 g/mol. The Kier molecular flexibility index (Phi) is 3.47. The molecule has 16 heavy (non-hydrogen) atoms. The second-order valence-corrected chi connectivity index (χ2v) is 5.58. The molecule has 2 fully saturated rings. The van der Waals surface area contributed by atoms with Gasteiger partial charge in [-0.1, -0.05) is 12.2 Å². The van der Waals surface area contributed by atoms with Crippen molar-refractivity contribution in [2.24, 2.45) is 23.5 Å². The van der Waals surface area contributed by atoms with Crippen LogP contribution in [0.3, 0.4) is 0 Å². The summed E-state index contributed by atoms with van der Waals surface area (Å²) in [5.74, 6) is 2.34. The van der Waals surface area contributed by atoms with E-state index < -0.39 is 0 Å². The minimum Gasteiger partial charge on any atom is -0.393 e. The molecule has 2 unspecified atom stereocenters. The highest BCUT2D eigenvalue weighted by atomic mass is 32.1. The molecule has 2 aliphatic carbocycles. The molecule has 0 spiro atoms. The predicted molar refractivity (Wildman–Crippen MR) is 68.0 cm³/mol. The Balaban J connectivity index is 1.83. The van der Waals surface area contributed by atoms with E-state index in [0.29, 0.717) is 23.9 Å². The van der Waals surface area contributed by atoms with Gasteiger partial charge >= 0.3 is 0 Å². The first-order chi connectivity index (χ1) is 7.61. The Morgan fingerprint density at radius 2 is 2.00 bits per heavy atom. The molecular formula is C12H20N2OS. The Labute approximate surface area is 102 Å². The molecule has 0 heterocycles. The smallest absolute Gasteiger partial charge is 0.225 e. The number of hydrogen-bond acceptors (Lipinski definition) is 2. The lowest BCUT2D eigenvalue weighted by Crippen LogP contribution is -2.37. The summed E-state index contributed by atoms with van der Waals surface area (Å²) in [6.45, 7) is 3.48. The SMILES string of the molecule is CCN(CCC(N)=S)C(=O)C1CC2CC2C1. The van der Waals surface area contributed by atoms with Gasteiger partial charge < -0.3 is 10.6 Å². The van der Waals surface area contributed by atoms with Crippen molar-refractivity contribution in [3.8, 4) is 0 Å². The van der Waals surface area contributed by atoms with Crippen molar-refractivity contribution < 1.29 is 4.79 Å². The van der Waals surface area contributed by atoms with E-state index in [1.54, 1.807) is 0 Å². The van der Waals surface area contributed by atoms with E-state index in [1.807, 2.05) is 11.8 Å². The summed E-state index contributed by atoms with van der Waals surface area (Å²) in [5.41, 5.74) is 5.47. The van der Waals surface area contributed by atoms with Crippen molar-refractivity contribution in [1.29, 1.82) is 0 Å². The van der Waals surface area contributed by atoms with Crippen molar-refractivity contribution in [3.05, 3.63) is 0 Å². The third-order valence-corrected chi connectivity index (χ3v) is 4.12. The number of carbonyl (C=O) groups excluding carboxylic acids is 1. The van der Waals surface area contributed by atoms with E-state index in [9.17, 15) is 4.79 Å². The minimum absolute atomic E-state index is 0.287. The third kappa shape index (κ3) is 2.54. The van der Waals surface area contributed by atoms with E-state index >= 15 is 0 Å². The van der Waals surface area contributed by atoms with Crippen LogP contribution < -0.4 is 5.73 Å². The van der Waals surface area contributed by atoms with Gasteiger partial charge in [-0.25, -0.2) is 0 Å². The first kappa shape index (κ1) is 11.8. The van der Waals surface area contributed by atoms with Crippen molar-refractivity contribution in [2.45, 2.75) is 32.6 Å². The summed E-state index contributed by atoms with van der Waals surface area (Å²) in [7, 11) is 0. The number of fused-ring (bicyclic) bond motifs is 1. The fourth-order valence-electron chi connectivity index (χ4n) is 2.84. The maximum atomic E-state index is 12.2. The number of rotatable bonds is 5. The first-order valence-electron chi connectivity index (χ1n) is 6.19. The van der Waals surface area contributed by atoms with Crippen molar-refractivity contribution in [1.82, 2.24) is 4.90 Å². The Bertz CT molecular complexity index is 295. The van der Waals surface area contributed by atoms with Gasteiger partial charge in [0, 0.05) is 25.4 Å². The second-order valence-electron chi connectivity index (χ2n) is 5.06. The monoisotopic (exact) mass is 240 g/mol. The van der Waals surface area contributed by atoms with E-state index in [0.717, 1.165) is 31.2 Å². The van der Waals surface area contributed by atoms with Gasteiger partial charge in [0.15, 0.2) is 0 Å². The van der Waals surface area contributed by atoms with Crippen LogP contribution in [0.4, 0.5) is 0 Å². The van der Waals surface area contributed by atoms with Crippen LogP contribution in [-0.4, -0.2) is 28.9 Å². The maximum absolute atomic E-state index is 12.2. The summed E-state index contributed by atoms with van der Waals surface area (Å²) in [6, 6.07) is 0. The molecule has 2 saturated carbocycles. The van der Waals surface area contributed by atoms with Crippen LogP contribution in [0.15, 0.2) is 0 Å². The summed E-state index contributed by atoms with van der Waals surface area (Å²) in [4.78, 5) is 14.6. The number of nitrogens with zero attached hydrogens (tertiary/aromatic N) is 1. The van der Waals surface area contributed by atoms with Gasteiger partial charge in [0.05, 0.1) is 4.99 Å². The second kappa shape index (κ2) is 4.70. The highest BCUT2D eigenvalue weighted by Crippen LogP contribution is 2.54. The molecule has 0 radical (unpaired) electrons. The van der Waals surface area contributed by atoms with Crippen molar-refractivity contribution in [3.63, 3.8) is 0 Å². The lowest BCUT2D eigenvalue weighted by molar-refractivity contribution is -0.135. The summed E-state index contributed by atoms with van der Waals surface area (Å²) < 4.78 is 0. The zero-order valence-corrected chi connectivity index (χ0v) is 10.6. The molecule has 0 aliphatic heterocycles. The molecule has 4 heteroatoms. The number of hydrogen-bond donors (Lipinski definition) is 1. The summed E-state index contributed by atoms with van der Waals surface area (Å²) in [6.07, 6.45) is 4.25. The van der Waals surface area contributed by atoms with Crippen molar-refractivity contribution in [2.75, 3.05) is 13.1 Å². The highest BCUT2D eigenvalue weighted by Gasteiger charge is 2.48. The molecule has 0 bridgehead atoms. The van der Waals surface area contributed by atoms with E-state index in [4.69, 9.17) is 18.0 Å². The lowest BCUT2D eigenvalue weighted by atomic mass is 10.0. The summed E-state index contributed by atoms with van der Waals surface area (Å²) in [5, 5.41) is 0. The van der Waals surface area contributed by atoms with Crippen LogP contribution in [0.2, 0.25) is 0 Å². The maximum Gasteiger partial charge on any atom is 0.225 e. The van der Waals surface area contributed by atoms with Crippen LogP contribution >= 0.6 is 12.2 Å². The fourth-order valence-corrected chi connectivity index (χ4v) is 2.94. The lowest BCUT2D eigenvalue weighted by Gasteiger charge is -2.24. The van der Waals surface area contributed by atoms with E-state index in [-0.39, 0.29) is 5.92 Å². The Morgan fingerprint density at radius 3 is 2.50 bits per heavy atom. The molecule has 0 saturated heterocycles. The molecule has 2 atom stereocenters. The average molecular weight is 240 g/mol. The Hall–Kier alpha value is -0.640. The minimum atomic E-state index is 0.287. The van der Waals surface area contributed by atoms with Crippen LogP contribution in [0.1, 0.15) is 32.6 Å².